The average molecular weight is 209 g/mol. The van der Waals surface area contributed by atoms with Crippen LogP contribution in [0.4, 0.5) is 0 Å². The number of aromatic nitrogens is 2. The standard InChI is InChI=1S/C10H15N3O2/c11-3-4-13-5-9(12-7-13)10(14)15-6-8-1-2-8/h5,7-8H,1-4,6,11H2. The first-order valence-corrected chi connectivity index (χ1v) is 5.18. The number of nitrogens with two attached hydrogens (primary N) is 1. The van der Waals surface area contributed by atoms with Gasteiger partial charge in [0.15, 0.2) is 5.69 Å². The SMILES string of the molecule is NCCn1cnc(C(=O)OCC2CC2)c1. The first-order valence-electron chi connectivity index (χ1n) is 5.18. The van der Waals surface area contributed by atoms with E-state index in [0.29, 0.717) is 31.3 Å². The molecule has 1 saturated carbocycles. The van der Waals surface area contributed by atoms with E-state index in [1.165, 1.54) is 12.8 Å². The van der Waals surface area contributed by atoms with E-state index in [4.69, 9.17) is 10.5 Å². The van der Waals surface area contributed by atoms with Gasteiger partial charge in [-0.3, -0.25) is 0 Å². The fourth-order valence-corrected chi connectivity index (χ4v) is 1.29. The van der Waals surface area contributed by atoms with Crippen molar-refractivity contribution in [2.24, 2.45) is 11.7 Å². The molecule has 15 heavy (non-hydrogen) atoms. The Labute approximate surface area is 88.2 Å². The second kappa shape index (κ2) is 4.44. The van der Waals surface area contributed by atoms with Crippen LogP contribution in [0.15, 0.2) is 12.5 Å². The maximum Gasteiger partial charge on any atom is 0.358 e. The van der Waals surface area contributed by atoms with Gasteiger partial charge < -0.3 is 15.0 Å². The van der Waals surface area contributed by atoms with Crippen LogP contribution in [-0.4, -0.2) is 28.7 Å². The smallest absolute Gasteiger partial charge is 0.358 e. The molecule has 1 aromatic heterocycles. The normalized spacial score (nSPS) is 15.3. The van der Waals surface area contributed by atoms with E-state index in [9.17, 15) is 4.79 Å². The lowest BCUT2D eigenvalue weighted by Gasteiger charge is -2.00. The van der Waals surface area contributed by atoms with E-state index in [0.717, 1.165) is 0 Å². The molecule has 82 valence electrons. The minimum atomic E-state index is -0.335. The molecule has 1 aliphatic carbocycles. The molecule has 1 fully saturated rings. The zero-order valence-electron chi connectivity index (χ0n) is 8.56. The summed E-state index contributed by atoms with van der Waals surface area (Å²) in [7, 11) is 0. The summed E-state index contributed by atoms with van der Waals surface area (Å²) in [6.45, 7) is 1.73. The lowest BCUT2D eigenvalue weighted by atomic mass is 10.4. The molecule has 0 saturated heterocycles. The van der Waals surface area contributed by atoms with E-state index in [-0.39, 0.29) is 5.97 Å². The fraction of sp³-hybridized carbons (Fsp3) is 0.600. The molecule has 0 aromatic carbocycles. The van der Waals surface area contributed by atoms with Crippen molar-refractivity contribution in [3.05, 3.63) is 18.2 Å². The second-order valence-electron chi connectivity index (χ2n) is 3.83. The van der Waals surface area contributed by atoms with E-state index in [1.807, 2.05) is 0 Å². The maximum atomic E-state index is 11.5. The second-order valence-corrected chi connectivity index (χ2v) is 3.83. The molecule has 0 bridgehead atoms. The zero-order valence-corrected chi connectivity index (χ0v) is 8.56. The molecule has 0 radical (unpaired) electrons. The molecule has 0 aliphatic heterocycles. The molecule has 0 spiro atoms. The highest BCUT2D eigenvalue weighted by Gasteiger charge is 2.23. The minimum Gasteiger partial charge on any atom is -0.461 e. The number of nitrogens with zero attached hydrogens (tertiary/aromatic N) is 2. The van der Waals surface area contributed by atoms with Crippen molar-refractivity contribution in [3.8, 4) is 0 Å². The lowest BCUT2D eigenvalue weighted by Crippen LogP contribution is -2.09. The van der Waals surface area contributed by atoms with Crippen molar-refractivity contribution in [1.82, 2.24) is 9.55 Å². The van der Waals surface area contributed by atoms with Crippen LogP contribution in [0.25, 0.3) is 0 Å². The molecular weight excluding hydrogens is 194 g/mol. The fourth-order valence-electron chi connectivity index (χ4n) is 1.29. The van der Waals surface area contributed by atoms with Gasteiger partial charge in [-0.25, -0.2) is 9.78 Å². The molecule has 0 amide bonds. The third-order valence-electron chi connectivity index (χ3n) is 2.38. The first kappa shape index (κ1) is 10.2. The molecule has 5 heteroatoms. The van der Waals surface area contributed by atoms with E-state index in [2.05, 4.69) is 4.98 Å². The largest absolute Gasteiger partial charge is 0.461 e. The predicted molar refractivity (Wildman–Crippen MR) is 54.3 cm³/mol. The topological polar surface area (TPSA) is 70.1 Å². The van der Waals surface area contributed by atoms with Crippen molar-refractivity contribution in [2.75, 3.05) is 13.2 Å². The lowest BCUT2D eigenvalue weighted by molar-refractivity contribution is 0.0479. The molecule has 2 rings (SSSR count). The Balaban J connectivity index is 1.86. The van der Waals surface area contributed by atoms with Gasteiger partial charge in [-0.2, -0.15) is 0 Å². The first-order chi connectivity index (χ1) is 7.29. The Kier molecular flexibility index (Phi) is 3.01. The molecule has 1 heterocycles. The summed E-state index contributed by atoms with van der Waals surface area (Å²) in [5.74, 6) is 0.248. The molecule has 0 unspecified atom stereocenters. The summed E-state index contributed by atoms with van der Waals surface area (Å²) in [6.07, 6.45) is 5.62. The third-order valence-corrected chi connectivity index (χ3v) is 2.38. The van der Waals surface area contributed by atoms with Crippen LogP contribution < -0.4 is 5.73 Å². The monoisotopic (exact) mass is 209 g/mol. The Morgan fingerprint density at radius 1 is 1.67 bits per heavy atom. The molecule has 1 aliphatic rings. The molecule has 5 nitrogen and oxygen atoms in total. The maximum absolute atomic E-state index is 11.5. The van der Waals surface area contributed by atoms with Crippen LogP contribution in [-0.2, 0) is 11.3 Å². The summed E-state index contributed by atoms with van der Waals surface area (Å²) in [4.78, 5) is 15.4. The van der Waals surface area contributed by atoms with Crippen LogP contribution in [0.3, 0.4) is 0 Å². The van der Waals surface area contributed by atoms with Gasteiger partial charge in [-0.05, 0) is 18.8 Å². The molecule has 0 atom stereocenters. The van der Waals surface area contributed by atoms with Crippen molar-refractivity contribution >= 4 is 5.97 Å². The summed E-state index contributed by atoms with van der Waals surface area (Å²) >= 11 is 0. The number of carbonyl (C=O) groups excluding carboxylic acids is 1. The summed E-state index contributed by atoms with van der Waals surface area (Å²) in [5.41, 5.74) is 5.75. The van der Waals surface area contributed by atoms with Gasteiger partial charge >= 0.3 is 5.97 Å². The molecule has 2 N–H and O–H groups in total. The van der Waals surface area contributed by atoms with Gasteiger partial charge in [-0.1, -0.05) is 0 Å². The van der Waals surface area contributed by atoms with E-state index < -0.39 is 0 Å². The number of esters is 1. The quantitative estimate of drug-likeness (QED) is 0.713. The molecular formula is C10H15N3O2. The highest BCUT2D eigenvalue weighted by Crippen LogP contribution is 2.28. The third kappa shape index (κ3) is 2.79. The van der Waals surface area contributed by atoms with Crippen molar-refractivity contribution in [3.63, 3.8) is 0 Å². The predicted octanol–water partition coefficient (Wildman–Crippen LogP) is 0.409. The van der Waals surface area contributed by atoms with Gasteiger partial charge in [-0.15, -0.1) is 0 Å². The Bertz CT molecular complexity index is 344. The highest BCUT2D eigenvalue weighted by atomic mass is 16.5. The van der Waals surface area contributed by atoms with Gasteiger partial charge in [0.2, 0.25) is 0 Å². The Morgan fingerprint density at radius 2 is 2.47 bits per heavy atom. The number of carbonyl (C=O) groups is 1. The minimum absolute atomic E-state index is 0.335. The van der Waals surface area contributed by atoms with E-state index in [1.54, 1.807) is 17.1 Å². The summed E-state index contributed by atoms with van der Waals surface area (Å²) < 4.78 is 6.88. The van der Waals surface area contributed by atoms with Gasteiger partial charge in [0.25, 0.3) is 0 Å². The Hall–Kier alpha value is -1.36. The number of rotatable bonds is 5. The number of hydrogen-bond donors (Lipinski definition) is 1. The van der Waals surface area contributed by atoms with Gasteiger partial charge in [0.05, 0.1) is 12.9 Å². The number of imidazole rings is 1. The van der Waals surface area contributed by atoms with Crippen molar-refractivity contribution in [2.45, 2.75) is 19.4 Å². The summed E-state index contributed by atoms with van der Waals surface area (Å²) in [6, 6.07) is 0. The van der Waals surface area contributed by atoms with Crippen LogP contribution in [0.1, 0.15) is 23.3 Å². The van der Waals surface area contributed by atoms with Crippen LogP contribution in [0.2, 0.25) is 0 Å². The van der Waals surface area contributed by atoms with Crippen LogP contribution >= 0.6 is 0 Å². The molecule has 1 aromatic rings. The summed E-state index contributed by atoms with van der Waals surface area (Å²) in [5, 5.41) is 0. The Morgan fingerprint density at radius 3 is 3.13 bits per heavy atom. The van der Waals surface area contributed by atoms with E-state index >= 15 is 0 Å². The van der Waals surface area contributed by atoms with Gasteiger partial charge in [0.1, 0.15) is 0 Å². The van der Waals surface area contributed by atoms with Gasteiger partial charge in [0, 0.05) is 19.3 Å². The zero-order chi connectivity index (χ0) is 10.7. The van der Waals surface area contributed by atoms with Crippen LogP contribution in [0.5, 0.6) is 0 Å². The van der Waals surface area contributed by atoms with Crippen LogP contribution in [0, 0.1) is 5.92 Å². The van der Waals surface area contributed by atoms with Crippen molar-refractivity contribution < 1.29 is 9.53 Å². The van der Waals surface area contributed by atoms with Crippen molar-refractivity contribution in [1.29, 1.82) is 0 Å². The average Bonchev–Trinajstić information content (AvgIpc) is 2.94. The highest BCUT2D eigenvalue weighted by molar-refractivity contribution is 5.86. The number of ether oxygens (including phenoxy) is 1. The number of hydrogen-bond acceptors (Lipinski definition) is 4.